The maximum absolute atomic E-state index is 12.9. The van der Waals surface area contributed by atoms with E-state index in [1.54, 1.807) is 0 Å². The number of carbonyl (C=O) groups is 2. The van der Waals surface area contributed by atoms with E-state index in [1.165, 1.54) is 327 Å². The molecule has 1 N–H and O–H groups in total. The summed E-state index contributed by atoms with van der Waals surface area (Å²) in [5.74, 6) is -0.772. The molecular weight excluding hydrogens is 1230 g/mol. The number of carbonyl (C=O) groups excluding carboxylic acids is 2. The van der Waals surface area contributed by atoms with Gasteiger partial charge in [0.25, 0.3) is 0 Å². The van der Waals surface area contributed by atoms with Gasteiger partial charge < -0.3 is 18.9 Å². The Morgan fingerprint density at radius 3 is 0.867 bits per heavy atom. The van der Waals surface area contributed by atoms with Crippen LogP contribution < -0.4 is 0 Å². The number of esters is 2. The minimum atomic E-state index is -4.40. The Bertz CT molecular complexity index is 1890. The molecule has 2 atom stereocenters. The molecule has 0 radical (unpaired) electrons. The molecule has 0 saturated heterocycles. The van der Waals surface area contributed by atoms with Crippen LogP contribution in [0.1, 0.15) is 425 Å². The zero-order valence-corrected chi connectivity index (χ0v) is 66.7. The average Bonchev–Trinajstić information content (AvgIpc) is 1.08. The molecular formula is C88H165NO8P+. The van der Waals surface area contributed by atoms with Crippen molar-refractivity contribution in [3.05, 3.63) is 72.9 Å². The normalized spacial score (nSPS) is 13.3. The smallest absolute Gasteiger partial charge is 0.462 e. The maximum Gasteiger partial charge on any atom is 0.472 e. The highest BCUT2D eigenvalue weighted by Crippen LogP contribution is 2.43. The third-order valence-corrected chi connectivity index (χ3v) is 20.2. The Hall–Kier alpha value is -2.55. The molecule has 574 valence electrons. The van der Waals surface area contributed by atoms with Crippen molar-refractivity contribution in [3.8, 4) is 0 Å². The molecule has 0 aromatic heterocycles. The van der Waals surface area contributed by atoms with Crippen molar-refractivity contribution in [1.82, 2.24) is 0 Å². The van der Waals surface area contributed by atoms with E-state index < -0.39 is 26.5 Å². The first-order valence-corrected chi connectivity index (χ1v) is 44.2. The van der Waals surface area contributed by atoms with Crippen LogP contribution in [0.4, 0.5) is 0 Å². The second-order valence-corrected chi connectivity index (χ2v) is 31.6. The summed E-state index contributed by atoms with van der Waals surface area (Å²) in [7, 11) is 1.50. The van der Waals surface area contributed by atoms with Crippen LogP contribution in [0.3, 0.4) is 0 Å². The van der Waals surface area contributed by atoms with E-state index >= 15 is 0 Å². The second kappa shape index (κ2) is 78.6. The number of rotatable bonds is 80. The SMILES string of the molecule is CC/C=C\C/C=C\C/C=C\C/C=C\CCCCCCCCCCCCCCCCCCCCCCCCCCCCCCC(=O)OC(COC(=O)CCCCCCCCCCCCCCCCCCCCCCC/C=C\C/C=C\CCCCCCC)COP(=O)(O)OCC[N+](C)(C)C. The predicted octanol–water partition coefficient (Wildman–Crippen LogP) is 28.6. The van der Waals surface area contributed by atoms with E-state index in [4.69, 9.17) is 18.5 Å². The maximum atomic E-state index is 12.9. The summed E-state index contributed by atoms with van der Waals surface area (Å²) in [5.41, 5.74) is 0. The first-order chi connectivity index (χ1) is 48.0. The van der Waals surface area contributed by atoms with Crippen LogP contribution in [0, 0.1) is 0 Å². The molecule has 0 aliphatic heterocycles. The summed E-state index contributed by atoms with van der Waals surface area (Å²) in [6, 6.07) is 0. The molecule has 9 nitrogen and oxygen atoms in total. The van der Waals surface area contributed by atoms with Crippen molar-refractivity contribution < 1.29 is 42.1 Å². The highest BCUT2D eigenvalue weighted by atomic mass is 31.2. The molecule has 0 fully saturated rings. The van der Waals surface area contributed by atoms with Gasteiger partial charge in [-0.15, -0.1) is 0 Å². The van der Waals surface area contributed by atoms with E-state index in [0.717, 1.165) is 64.2 Å². The zero-order valence-electron chi connectivity index (χ0n) is 65.8. The lowest BCUT2D eigenvalue weighted by molar-refractivity contribution is -0.870. The molecule has 98 heavy (non-hydrogen) atoms. The Labute approximate surface area is 609 Å². The fourth-order valence-corrected chi connectivity index (χ4v) is 13.5. The number of phosphoric acid groups is 1. The largest absolute Gasteiger partial charge is 0.472 e. The quantitative estimate of drug-likeness (QED) is 0.0211. The molecule has 0 heterocycles. The lowest BCUT2D eigenvalue weighted by atomic mass is 10.0. The van der Waals surface area contributed by atoms with Crippen LogP contribution in [0.25, 0.3) is 0 Å². The van der Waals surface area contributed by atoms with Crippen molar-refractivity contribution in [1.29, 1.82) is 0 Å². The third kappa shape index (κ3) is 82.4. The highest BCUT2D eigenvalue weighted by Gasteiger charge is 2.27. The first-order valence-electron chi connectivity index (χ1n) is 42.7. The number of hydrogen-bond acceptors (Lipinski definition) is 7. The fourth-order valence-electron chi connectivity index (χ4n) is 12.8. The average molecular weight is 1400 g/mol. The van der Waals surface area contributed by atoms with Crippen LogP contribution in [-0.2, 0) is 32.7 Å². The van der Waals surface area contributed by atoms with Crippen LogP contribution >= 0.6 is 7.82 Å². The number of phosphoric ester groups is 1. The van der Waals surface area contributed by atoms with Gasteiger partial charge in [0.05, 0.1) is 27.7 Å². The Morgan fingerprint density at radius 1 is 0.327 bits per heavy atom. The van der Waals surface area contributed by atoms with E-state index in [9.17, 15) is 19.0 Å². The molecule has 0 aromatic rings. The van der Waals surface area contributed by atoms with Gasteiger partial charge in [-0.3, -0.25) is 18.6 Å². The highest BCUT2D eigenvalue weighted by molar-refractivity contribution is 7.47. The molecule has 0 aliphatic rings. The van der Waals surface area contributed by atoms with E-state index in [1.807, 2.05) is 21.1 Å². The van der Waals surface area contributed by atoms with Crippen molar-refractivity contribution in [2.24, 2.45) is 0 Å². The molecule has 2 unspecified atom stereocenters. The topological polar surface area (TPSA) is 108 Å². The number of quaternary nitrogens is 1. The minimum absolute atomic E-state index is 0.0342. The first kappa shape index (κ1) is 95.5. The van der Waals surface area contributed by atoms with Crippen LogP contribution in [-0.4, -0.2) is 74.9 Å². The number of nitrogens with zero attached hydrogens (tertiary/aromatic N) is 1. The van der Waals surface area contributed by atoms with E-state index in [0.29, 0.717) is 23.9 Å². The molecule has 0 saturated carbocycles. The summed E-state index contributed by atoms with van der Waals surface area (Å²) in [5, 5.41) is 0. The summed E-state index contributed by atoms with van der Waals surface area (Å²) in [4.78, 5) is 36.0. The summed E-state index contributed by atoms with van der Waals surface area (Å²) in [6.07, 6.45) is 108. The predicted molar refractivity (Wildman–Crippen MR) is 427 cm³/mol. The number of ether oxygens (including phenoxy) is 2. The van der Waals surface area contributed by atoms with Crippen LogP contribution in [0.15, 0.2) is 72.9 Å². The van der Waals surface area contributed by atoms with Gasteiger partial charge >= 0.3 is 19.8 Å². The van der Waals surface area contributed by atoms with Gasteiger partial charge in [-0.1, -0.05) is 401 Å². The van der Waals surface area contributed by atoms with Crippen molar-refractivity contribution in [2.75, 3.05) is 47.5 Å². The van der Waals surface area contributed by atoms with Gasteiger partial charge in [0.1, 0.15) is 19.8 Å². The number of hydrogen-bond donors (Lipinski definition) is 1. The molecule has 10 heteroatoms. The summed E-state index contributed by atoms with van der Waals surface area (Å²) < 4.78 is 34.9. The van der Waals surface area contributed by atoms with Gasteiger partial charge in [0.2, 0.25) is 0 Å². The molecule has 0 aromatic carbocycles. The van der Waals surface area contributed by atoms with Gasteiger partial charge in [-0.25, -0.2) is 4.57 Å². The lowest BCUT2D eigenvalue weighted by Crippen LogP contribution is -2.37. The van der Waals surface area contributed by atoms with Gasteiger partial charge in [0.15, 0.2) is 6.10 Å². The molecule has 0 spiro atoms. The third-order valence-electron chi connectivity index (χ3n) is 19.2. The lowest BCUT2D eigenvalue weighted by Gasteiger charge is -2.24. The molecule has 0 rings (SSSR count). The molecule has 0 bridgehead atoms. The fraction of sp³-hybridized carbons (Fsp3) is 0.841. The zero-order chi connectivity index (χ0) is 71.1. The van der Waals surface area contributed by atoms with Crippen LogP contribution in [0.2, 0.25) is 0 Å². The van der Waals surface area contributed by atoms with Gasteiger partial charge in [0, 0.05) is 12.8 Å². The van der Waals surface area contributed by atoms with Crippen LogP contribution in [0.5, 0.6) is 0 Å². The molecule has 0 aliphatic carbocycles. The standard InChI is InChI=1S/C88H164NO8P/c1-6-8-10-12-14-16-18-20-22-24-26-28-30-32-34-36-38-40-41-42-43-44-45-46-47-49-51-53-55-57-59-61-63-65-67-69-71-73-75-77-79-81-88(91)97-86(85-96-98(92,93)95-83-82-89(3,4)5)84-94-87(90)80-78-76-74-72-70-68-66-64-62-60-58-56-54-52-50-48-39-37-35-33-31-29-27-25-23-21-19-17-15-13-11-9-7-2/h8,10,14,16,19-22,25-28,86H,6-7,9,11-13,15,17-18,23-24,29-85H2,1-5H3/p+1/b10-8-,16-14-,21-19-,22-20-,27-25-,28-26-. The monoisotopic (exact) mass is 1400 g/mol. The number of unbranched alkanes of at least 4 members (excludes halogenated alkanes) is 54. The van der Waals surface area contributed by atoms with Crippen molar-refractivity contribution >= 4 is 19.8 Å². The van der Waals surface area contributed by atoms with Gasteiger partial charge in [-0.05, 0) is 83.5 Å². The summed E-state index contributed by atoms with van der Waals surface area (Å²) >= 11 is 0. The van der Waals surface area contributed by atoms with Gasteiger partial charge in [-0.2, -0.15) is 0 Å². The minimum Gasteiger partial charge on any atom is -0.462 e. The second-order valence-electron chi connectivity index (χ2n) is 30.2. The van der Waals surface area contributed by atoms with Crippen molar-refractivity contribution in [2.45, 2.75) is 431 Å². The Morgan fingerprint density at radius 2 is 0.582 bits per heavy atom. The summed E-state index contributed by atoms with van der Waals surface area (Å²) in [6.45, 7) is 4.38. The molecule has 0 amide bonds. The van der Waals surface area contributed by atoms with Crippen molar-refractivity contribution in [3.63, 3.8) is 0 Å². The Kier molecular flexibility index (Phi) is 76.5. The van der Waals surface area contributed by atoms with E-state index in [-0.39, 0.29) is 25.6 Å². The Balaban J connectivity index is 3.87. The number of likely N-dealkylation sites (N-methyl/N-ethyl adjacent to an activating group) is 1. The number of allylic oxidation sites excluding steroid dienone is 12. The van der Waals surface area contributed by atoms with E-state index in [2.05, 4.69) is 86.8 Å².